The summed E-state index contributed by atoms with van der Waals surface area (Å²) in [5, 5.41) is 3.62. The van der Waals surface area contributed by atoms with E-state index in [0.29, 0.717) is 12.0 Å². The molecule has 3 nitrogen and oxygen atoms in total. The van der Waals surface area contributed by atoms with Gasteiger partial charge in [-0.15, -0.1) is 0 Å². The molecule has 2 rings (SSSR count). The molecule has 0 bridgehead atoms. The topological polar surface area (TPSA) is 24.5 Å². The normalized spacial score (nSPS) is 21.8. The zero-order valence-electron chi connectivity index (χ0n) is 12.8. The molecule has 1 saturated heterocycles. The molecule has 20 heavy (non-hydrogen) atoms. The fourth-order valence-corrected chi connectivity index (χ4v) is 3.17. The van der Waals surface area contributed by atoms with E-state index in [9.17, 15) is 0 Å². The Morgan fingerprint density at radius 1 is 1.35 bits per heavy atom. The number of hydrogen-bond acceptors (Lipinski definition) is 3. The minimum atomic E-state index is 0.433. The highest BCUT2D eigenvalue weighted by Gasteiger charge is 2.22. The van der Waals surface area contributed by atoms with Crippen LogP contribution in [0.5, 0.6) is 0 Å². The first-order chi connectivity index (χ1) is 9.83. The largest absolute Gasteiger partial charge is 0.384 e. The van der Waals surface area contributed by atoms with Gasteiger partial charge in [-0.05, 0) is 37.4 Å². The molecular formula is C17H28N2O. The van der Waals surface area contributed by atoms with Crippen LogP contribution >= 0.6 is 0 Å². The molecule has 0 aliphatic carbocycles. The lowest BCUT2D eigenvalue weighted by Crippen LogP contribution is -2.42. The van der Waals surface area contributed by atoms with Crippen LogP contribution < -0.4 is 5.32 Å². The Balaban J connectivity index is 1.94. The minimum absolute atomic E-state index is 0.433. The molecule has 1 aliphatic rings. The van der Waals surface area contributed by atoms with Gasteiger partial charge >= 0.3 is 0 Å². The number of hydrogen-bond donors (Lipinski definition) is 1. The van der Waals surface area contributed by atoms with Gasteiger partial charge in [-0.3, -0.25) is 0 Å². The van der Waals surface area contributed by atoms with Crippen molar-refractivity contribution >= 4 is 0 Å². The van der Waals surface area contributed by atoms with Crippen molar-refractivity contribution < 1.29 is 4.74 Å². The first kappa shape index (κ1) is 15.5. The van der Waals surface area contributed by atoms with Crippen LogP contribution in [0.4, 0.5) is 0 Å². The number of nitrogens with zero attached hydrogens (tertiary/aromatic N) is 1. The zero-order chi connectivity index (χ0) is 14.2. The molecule has 0 radical (unpaired) electrons. The first-order valence-corrected chi connectivity index (χ1v) is 7.83. The van der Waals surface area contributed by atoms with Gasteiger partial charge in [0.15, 0.2) is 0 Å². The van der Waals surface area contributed by atoms with Gasteiger partial charge in [-0.25, -0.2) is 0 Å². The fourth-order valence-electron chi connectivity index (χ4n) is 3.17. The molecule has 2 atom stereocenters. The lowest BCUT2D eigenvalue weighted by Gasteiger charge is -2.35. The van der Waals surface area contributed by atoms with E-state index in [1.165, 1.54) is 31.5 Å². The Kier molecular flexibility index (Phi) is 6.51. The number of likely N-dealkylation sites (N-methyl/N-ethyl adjacent to an activating group) is 1. The molecular weight excluding hydrogens is 248 g/mol. The number of rotatable bonds is 7. The molecule has 1 fully saturated rings. The van der Waals surface area contributed by atoms with Crippen LogP contribution in [0, 0.1) is 5.92 Å². The lowest BCUT2D eigenvalue weighted by molar-refractivity contribution is 0.0857. The van der Waals surface area contributed by atoms with Gasteiger partial charge in [0, 0.05) is 26.2 Å². The third kappa shape index (κ3) is 4.58. The van der Waals surface area contributed by atoms with Crippen LogP contribution in [-0.4, -0.2) is 44.8 Å². The minimum Gasteiger partial charge on any atom is -0.384 e. The molecule has 2 unspecified atom stereocenters. The molecule has 0 aromatic heterocycles. The van der Waals surface area contributed by atoms with Crippen molar-refractivity contribution in [3.8, 4) is 0 Å². The Morgan fingerprint density at radius 3 is 2.85 bits per heavy atom. The average molecular weight is 276 g/mol. The predicted octanol–water partition coefficient (Wildman–Crippen LogP) is 2.70. The summed E-state index contributed by atoms with van der Waals surface area (Å²) in [7, 11) is 1.81. The molecule has 0 spiro atoms. The maximum Gasteiger partial charge on any atom is 0.0502 e. The van der Waals surface area contributed by atoms with Gasteiger partial charge in [0.1, 0.15) is 0 Å². The molecule has 0 amide bonds. The Hall–Kier alpha value is -0.900. The highest BCUT2D eigenvalue weighted by atomic mass is 16.5. The summed E-state index contributed by atoms with van der Waals surface area (Å²) in [4.78, 5) is 2.59. The summed E-state index contributed by atoms with van der Waals surface area (Å²) >= 11 is 0. The summed E-state index contributed by atoms with van der Waals surface area (Å²) < 4.78 is 5.32. The predicted molar refractivity (Wildman–Crippen MR) is 83.9 cm³/mol. The monoisotopic (exact) mass is 276 g/mol. The summed E-state index contributed by atoms with van der Waals surface area (Å²) in [5.74, 6) is 0.701. The average Bonchev–Trinajstić information content (AvgIpc) is 2.48. The van der Waals surface area contributed by atoms with Crippen LogP contribution in [0.25, 0.3) is 0 Å². The van der Waals surface area contributed by atoms with Gasteiger partial charge in [0.05, 0.1) is 6.61 Å². The maximum atomic E-state index is 5.32. The van der Waals surface area contributed by atoms with Gasteiger partial charge in [0.25, 0.3) is 0 Å². The van der Waals surface area contributed by atoms with Crippen molar-refractivity contribution in [2.75, 3.05) is 39.9 Å². The summed E-state index contributed by atoms with van der Waals surface area (Å²) in [5.41, 5.74) is 1.39. The Labute approximate surface area is 123 Å². The summed E-state index contributed by atoms with van der Waals surface area (Å²) in [6.07, 6.45) is 2.60. The number of piperidine rings is 1. The molecule has 1 N–H and O–H groups in total. The Morgan fingerprint density at radius 2 is 2.15 bits per heavy atom. The van der Waals surface area contributed by atoms with Crippen molar-refractivity contribution in [2.45, 2.75) is 25.8 Å². The molecule has 1 heterocycles. The molecule has 1 aromatic carbocycles. The Bertz CT molecular complexity index is 367. The van der Waals surface area contributed by atoms with Crippen molar-refractivity contribution in [3.05, 3.63) is 35.9 Å². The maximum absolute atomic E-state index is 5.32. The number of methoxy groups -OCH3 is 1. The lowest BCUT2D eigenvalue weighted by atomic mass is 9.97. The highest BCUT2D eigenvalue weighted by molar-refractivity contribution is 5.19. The van der Waals surface area contributed by atoms with Crippen LogP contribution in [0.2, 0.25) is 0 Å². The molecule has 112 valence electrons. The molecule has 1 aliphatic heterocycles. The summed E-state index contributed by atoms with van der Waals surface area (Å²) in [6.45, 7) is 7.57. The van der Waals surface area contributed by atoms with E-state index in [-0.39, 0.29) is 0 Å². The third-order valence-electron chi connectivity index (χ3n) is 4.10. The third-order valence-corrected chi connectivity index (χ3v) is 4.10. The second kappa shape index (κ2) is 8.40. The van der Waals surface area contributed by atoms with Crippen LogP contribution in [0.15, 0.2) is 30.3 Å². The van der Waals surface area contributed by atoms with E-state index in [2.05, 4.69) is 47.5 Å². The fraction of sp³-hybridized carbons (Fsp3) is 0.647. The van der Waals surface area contributed by atoms with E-state index in [1.807, 2.05) is 7.11 Å². The number of ether oxygens (including phenoxy) is 1. The van der Waals surface area contributed by atoms with E-state index < -0.39 is 0 Å². The van der Waals surface area contributed by atoms with Crippen LogP contribution in [-0.2, 0) is 4.74 Å². The summed E-state index contributed by atoms with van der Waals surface area (Å²) in [6, 6.07) is 11.2. The zero-order valence-corrected chi connectivity index (χ0v) is 12.8. The molecule has 1 aromatic rings. The first-order valence-electron chi connectivity index (χ1n) is 7.83. The quantitative estimate of drug-likeness (QED) is 0.828. The standard InChI is InChI=1S/C17H28N2O/c1-3-18-17(16-9-5-4-6-10-16)13-19-11-7-8-15(12-19)14-20-2/h4-6,9-10,15,17-18H,3,7-8,11-14H2,1-2H3. The SMILES string of the molecule is CCNC(CN1CCCC(COC)C1)c1ccccc1. The van der Waals surface area contributed by atoms with Crippen molar-refractivity contribution in [3.63, 3.8) is 0 Å². The number of nitrogens with one attached hydrogen (secondary N) is 1. The van der Waals surface area contributed by atoms with E-state index in [4.69, 9.17) is 4.74 Å². The molecule has 0 saturated carbocycles. The van der Waals surface area contributed by atoms with E-state index in [1.54, 1.807) is 0 Å². The number of benzene rings is 1. The van der Waals surface area contributed by atoms with Crippen LogP contribution in [0.1, 0.15) is 31.4 Å². The van der Waals surface area contributed by atoms with Crippen molar-refractivity contribution in [1.82, 2.24) is 10.2 Å². The van der Waals surface area contributed by atoms with Gasteiger partial charge in [-0.2, -0.15) is 0 Å². The van der Waals surface area contributed by atoms with Crippen LogP contribution in [0.3, 0.4) is 0 Å². The molecule has 3 heteroatoms. The van der Waals surface area contributed by atoms with Gasteiger partial charge < -0.3 is 15.0 Å². The van der Waals surface area contributed by atoms with Gasteiger partial charge in [-0.1, -0.05) is 37.3 Å². The highest BCUT2D eigenvalue weighted by Crippen LogP contribution is 2.20. The smallest absolute Gasteiger partial charge is 0.0502 e. The number of likely N-dealkylation sites (tertiary alicyclic amines) is 1. The van der Waals surface area contributed by atoms with Crippen molar-refractivity contribution in [1.29, 1.82) is 0 Å². The van der Waals surface area contributed by atoms with Gasteiger partial charge in [0.2, 0.25) is 0 Å². The van der Waals surface area contributed by atoms with E-state index >= 15 is 0 Å². The second-order valence-electron chi connectivity index (χ2n) is 5.74. The van der Waals surface area contributed by atoms with Crippen molar-refractivity contribution in [2.24, 2.45) is 5.92 Å². The second-order valence-corrected chi connectivity index (χ2v) is 5.74. The van der Waals surface area contributed by atoms with E-state index in [0.717, 1.165) is 19.7 Å².